The summed E-state index contributed by atoms with van der Waals surface area (Å²) < 4.78 is 24.3. The van der Waals surface area contributed by atoms with Crippen molar-refractivity contribution >= 4 is 23.4 Å². The standard InChI is InChI=1S/C20H25ClFN3O4/c1-18(23)5-13(6-18)29-8-17(27)25-20-9-19(10-20,11-20)24-16(26)7-28-12-2-3-14(21)15(22)4-12/h2-4,13H,5-11,23H2,1H3,(H,24,26)(H,25,27). The second-order valence-corrected chi connectivity index (χ2v) is 9.45. The molecule has 0 aromatic heterocycles. The fraction of sp³-hybridized carbons (Fsp3) is 0.600. The van der Waals surface area contributed by atoms with Crippen molar-refractivity contribution in [1.82, 2.24) is 10.6 Å². The molecule has 0 heterocycles. The first-order valence-corrected chi connectivity index (χ1v) is 10.1. The SMILES string of the molecule is CC1(N)CC(OCC(=O)NC23CC(NC(=O)COc4ccc(Cl)c(F)c4)(C2)C3)C1. The molecule has 0 saturated heterocycles. The number of benzene rings is 1. The summed E-state index contributed by atoms with van der Waals surface area (Å²) >= 11 is 5.62. The first-order chi connectivity index (χ1) is 13.6. The molecule has 7 nitrogen and oxygen atoms in total. The summed E-state index contributed by atoms with van der Waals surface area (Å²) in [5.41, 5.74) is 5.23. The topological polar surface area (TPSA) is 103 Å². The molecule has 2 bridgehead atoms. The van der Waals surface area contributed by atoms with Gasteiger partial charge in [-0.15, -0.1) is 0 Å². The van der Waals surface area contributed by atoms with Gasteiger partial charge in [0.15, 0.2) is 6.61 Å². The molecular formula is C20H25ClFN3O4. The van der Waals surface area contributed by atoms with Crippen LogP contribution in [0.2, 0.25) is 5.02 Å². The number of ether oxygens (including phenoxy) is 2. The molecule has 4 saturated carbocycles. The van der Waals surface area contributed by atoms with Gasteiger partial charge in [-0.3, -0.25) is 9.59 Å². The highest BCUT2D eigenvalue weighted by Gasteiger charge is 2.69. The van der Waals surface area contributed by atoms with Gasteiger partial charge in [-0.05, 0) is 51.2 Å². The second-order valence-electron chi connectivity index (χ2n) is 9.05. The molecule has 0 aliphatic heterocycles. The Hall–Kier alpha value is -1.90. The van der Waals surface area contributed by atoms with Gasteiger partial charge in [0, 0.05) is 22.7 Å². The third-order valence-electron chi connectivity index (χ3n) is 5.94. The zero-order chi connectivity index (χ0) is 20.9. The predicted octanol–water partition coefficient (Wildman–Crippen LogP) is 1.66. The van der Waals surface area contributed by atoms with Crippen LogP contribution in [0.5, 0.6) is 5.75 Å². The smallest absolute Gasteiger partial charge is 0.258 e. The fourth-order valence-electron chi connectivity index (χ4n) is 4.72. The molecule has 0 atom stereocenters. The Labute approximate surface area is 173 Å². The van der Waals surface area contributed by atoms with Gasteiger partial charge in [0.2, 0.25) is 5.91 Å². The average molecular weight is 426 g/mol. The van der Waals surface area contributed by atoms with Crippen LogP contribution in [0.1, 0.15) is 39.0 Å². The van der Waals surface area contributed by atoms with E-state index >= 15 is 0 Å². The third kappa shape index (κ3) is 4.34. The molecule has 1 aromatic carbocycles. The minimum Gasteiger partial charge on any atom is -0.484 e. The van der Waals surface area contributed by atoms with Crippen LogP contribution < -0.4 is 21.1 Å². The van der Waals surface area contributed by atoms with Crippen molar-refractivity contribution in [3.63, 3.8) is 0 Å². The lowest BCUT2D eigenvalue weighted by Crippen LogP contribution is -2.84. The Morgan fingerprint density at radius 1 is 1.17 bits per heavy atom. The molecule has 5 rings (SSSR count). The van der Waals surface area contributed by atoms with Crippen molar-refractivity contribution in [2.45, 2.75) is 61.7 Å². The third-order valence-corrected chi connectivity index (χ3v) is 6.25. The Morgan fingerprint density at radius 3 is 2.31 bits per heavy atom. The first kappa shape index (κ1) is 20.4. The van der Waals surface area contributed by atoms with E-state index in [4.69, 9.17) is 26.8 Å². The molecule has 158 valence electrons. The number of hydrogen-bond donors (Lipinski definition) is 3. The van der Waals surface area contributed by atoms with E-state index in [1.54, 1.807) is 0 Å². The summed E-state index contributed by atoms with van der Waals surface area (Å²) in [5, 5.41) is 5.97. The highest BCUT2D eigenvalue weighted by Crippen LogP contribution is 2.60. The normalized spacial score (nSPS) is 34.3. The van der Waals surface area contributed by atoms with E-state index in [0.717, 1.165) is 18.9 Å². The number of carbonyl (C=O) groups is 2. The van der Waals surface area contributed by atoms with Crippen LogP contribution in [0, 0.1) is 5.82 Å². The van der Waals surface area contributed by atoms with Gasteiger partial charge < -0.3 is 25.8 Å². The molecule has 29 heavy (non-hydrogen) atoms. The van der Waals surface area contributed by atoms with Crippen LogP contribution >= 0.6 is 11.6 Å². The molecular weight excluding hydrogens is 401 g/mol. The number of halogens is 2. The van der Waals surface area contributed by atoms with Crippen LogP contribution in [-0.2, 0) is 14.3 Å². The van der Waals surface area contributed by atoms with Crippen LogP contribution in [0.25, 0.3) is 0 Å². The zero-order valence-electron chi connectivity index (χ0n) is 16.2. The lowest BCUT2D eigenvalue weighted by molar-refractivity contribution is -0.155. The Balaban J connectivity index is 1.14. The van der Waals surface area contributed by atoms with E-state index in [9.17, 15) is 14.0 Å². The highest BCUT2D eigenvalue weighted by molar-refractivity contribution is 6.30. The molecule has 0 unspecified atom stereocenters. The Kier molecular flexibility index (Phi) is 4.99. The van der Waals surface area contributed by atoms with Crippen molar-refractivity contribution in [2.24, 2.45) is 5.73 Å². The van der Waals surface area contributed by atoms with Crippen molar-refractivity contribution in [1.29, 1.82) is 0 Å². The molecule has 4 aliphatic rings. The fourth-order valence-corrected chi connectivity index (χ4v) is 4.84. The molecule has 0 spiro atoms. The number of nitrogens with one attached hydrogen (secondary N) is 2. The van der Waals surface area contributed by atoms with E-state index < -0.39 is 5.82 Å². The maximum absolute atomic E-state index is 13.4. The van der Waals surface area contributed by atoms with Gasteiger partial charge in [0.1, 0.15) is 18.2 Å². The maximum atomic E-state index is 13.4. The van der Waals surface area contributed by atoms with Gasteiger partial charge in [0.25, 0.3) is 5.91 Å². The van der Waals surface area contributed by atoms with E-state index in [-0.39, 0.29) is 58.5 Å². The van der Waals surface area contributed by atoms with Crippen molar-refractivity contribution in [3.05, 3.63) is 29.0 Å². The van der Waals surface area contributed by atoms with Gasteiger partial charge in [-0.2, -0.15) is 0 Å². The largest absolute Gasteiger partial charge is 0.484 e. The average Bonchev–Trinajstić information content (AvgIpc) is 2.56. The summed E-state index contributed by atoms with van der Waals surface area (Å²) in [6.45, 7) is 1.80. The van der Waals surface area contributed by atoms with Crippen molar-refractivity contribution in [2.75, 3.05) is 13.2 Å². The molecule has 0 radical (unpaired) electrons. The maximum Gasteiger partial charge on any atom is 0.258 e. The summed E-state index contributed by atoms with van der Waals surface area (Å²) in [6.07, 6.45) is 3.67. The van der Waals surface area contributed by atoms with E-state index in [2.05, 4.69) is 10.6 Å². The Morgan fingerprint density at radius 2 is 1.76 bits per heavy atom. The molecule has 1 aromatic rings. The van der Waals surface area contributed by atoms with E-state index in [0.29, 0.717) is 19.3 Å². The lowest BCUT2D eigenvalue weighted by atomic mass is 9.44. The molecule has 2 amide bonds. The number of rotatable bonds is 8. The minimum absolute atomic E-state index is 0.000967. The van der Waals surface area contributed by atoms with Crippen LogP contribution in [0.15, 0.2) is 18.2 Å². The molecule has 4 fully saturated rings. The van der Waals surface area contributed by atoms with Crippen LogP contribution in [-0.4, -0.2) is 47.7 Å². The van der Waals surface area contributed by atoms with Gasteiger partial charge in [0.05, 0.1) is 11.1 Å². The molecule has 4 N–H and O–H groups in total. The Bertz CT molecular complexity index is 819. The lowest BCUT2D eigenvalue weighted by Gasteiger charge is -2.70. The zero-order valence-corrected chi connectivity index (χ0v) is 17.0. The van der Waals surface area contributed by atoms with Crippen molar-refractivity contribution in [3.8, 4) is 5.75 Å². The predicted molar refractivity (Wildman–Crippen MR) is 104 cm³/mol. The second kappa shape index (κ2) is 7.11. The highest BCUT2D eigenvalue weighted by atomic mass is 35.5. The molecule has 4 aliphatic carbocycles. The van der Waals surface area contributed by atoms with Crippen molar-refractivity contribution < 1.29 is 23.5 Å². The minimum atomic E-state index is -0.597. The summed E-state index contributed by atoms with van der Waals surface area (Å²) in [6, 6.07) is 4.02. The quantitative estimate of drug-likeness (QED) is 0.588. The van der Waals surface area contributed by atoms with Crippen LogP contribution in [0.3, 0.4) is 0 Å². The van der Waals surface area contributed by atoms with Crippen LogP contribution in [0.4, 0.5) is 4.39 Å². The first-order valence-electron chi connectivity index (χ1n) is 9.68. The monoisotopic (exact) mass is 425 g/mol. The number of carbonyl (C=O) groups excluding carboxylic acids is 2. The van der Waals surface area contributed by atoms with E-state index in [1.807, 2.05) is 6.92 Å². The number of nitrogens with two attached hydrogens (primary N) is 1. The van der Waals surface area contributed by atoms with E-state index in [1.165, 1.54) is 12.1 Å². The number of hydrogen-bond acceptors (Lipinski definition) is 5. The summed E-state index contributed by atoms with van der Waals surface area (Å²) in [7, 11) is 0. The van der Waals surface area contributed by atoms with Gasteiger partial charge >= 0.3 is 0 Å². The molecule has 9 heteroatoms. The summed E-state index contributed by atoms with van der Waals surface area (Å²) in [4.78, 5) is 24.2. The van der Waals surface area contributed by atoms with Gasteiger partial charge in [-0.1, -0.05) is 11.6 Å². The summed E-state index contributed by atoms with van der Waals surface area (Å²) in [5.74, 6) is -0.772. The number of amides is 2. The van der Waals surface area contributed by atoms with Gasteiger partial charge in [-0.25, -0.2) is 4.39 Å².